The van der Waals surface area contributed by atoms with Crippen LogP contribution in [0.4, 0.5) is 0 Å². The van der Waals surface area contributed by atoms with Crippen molar-refractivity contribution in [1.29, 1.82) is 10.5 Å². The molecular weight excluding hydrogens is 1290 g/mol. The van der Waals surface area contributed by atoms with E-state index in [1.807, 2.05) is 68.0 Å². The summed E-state index contributed by atoms with van der Waals surface area (Å²) in [6, 6.07) is 24.0. The van der Waals surface area contributed by atoms with Crippen molar-refractivity contribution in [3.05, 3.63) is 104 Å². The lowest BCUT2D eigenvalue weighted by Crippen LogP contribution is -2.20. The van der Waals surface area contributed by atoms with E-state index in [1.54, 1.807) is 5.56 Å². The largest absolute Gasteiger partial charge is 0.543 e. The van der Waals surface area contributed by atoms with E-state index in [1.165, 1.54) is 268 Å². The van der Waals surface area contributed by atoms with Crippen LogP contribution in [0.2, 0.25) is 0 Å². The Labute approximate surface area is 599 Å². The third-order valence-electron chi connectivity index (χ3n) is 20.3. The maximum absolute atomic E-state index is 10.7. The zero-order chi connectivity index (χ0) is 67.2. The summed E-state index contributed by atoms with van der Waals surface area (Å²) in [5.74, 6) is 0.0909. The van der Waals surface area contributed by atoms with Crippen molar-refractivity contribution in [2.75, 3.05) is 0 Å². The van der Waals surface area contributed by atoms with Gasteiger partial charge < -0.3 is 9.13 Å². The molecule has 0 aliphatic carbocycles. The SMILES string of the molecule is [C-]#[N+]C([N+]#[C-])=c1c2cc3c(C)n(CCCCCCCC)c(=C(C#N)C#N)c3cc2c(-c2cc(CCCCCCCCCCCCCC)c(-c3cc4sc5cc6c(cc5c4s3)sc3cc(-c4sc(C)cc4CCCCCCCCCCCCCC)sc36)s2)n1CCCCCCCC. The van der Waals surface area contributed by atoms with E-state index in [4.69, 9.17) is 13.1 Å². The second-order valence-corrected chi connectivity index (χ2v) is 34.3. The predicted molar refractivity (Wildman–Crippen MR) is 427 cm³/mol. The van der Waals surface area contributed by atoms with Gasteiger partial charge in [0.2, 0.25) is 0 Å². The average molecular weight is 1390 g/mol. The molecule has 8 aromatic heterocycles. The van der Waals surface area contributed by atoms with E-state index in [9.17, 15) is 10.5 Å². The number of aromatic nitrogens is 2. The smallest absolute Gasteiger partial charge is 0.343 e. The minimum Gasteiger partial charge on any atom is -0.343 e. The molecule has 0 spiro atoms. The van der Waals surface area contributed by atoms with Crippen molar-refractivity contribution in [1.82, 2.24) is 9.13 Å². The number of hydrogen-bond acceptors (Lipinski definition) is 8. The molecule has 0 atom stereocenters. The highest BCUT2D eigenvalue weighted by molar-refractivity contribution is 7.36. The molecule has 6 nitrogen and oxygen atoms in total. The van der Waals surface area contributed by atoms with Gasteiger partial charge in [0.25, 0.3) is 0 Å². The standard InChI is InChI=1S/C84H106N6S6/c1-9-13-17-21-25-27-29-31-33-35-37-41-45-61-49-59(5)91-80(61)73-55-75-82(95-73)68-53-71-69(54-70(68)92-75)83-76(93-71)56-74(96-83)81-62(46-42-38-36-34-32-30-28-26-22-18-14-10-2)50-72(94-81)78-66-52-65-64(60(6)89(77(65)63(57-85)58-86)47-43-39-23-19-15-11-3)51-67(66)79(84(87-7)88-8)90(78)48-44-40-24-20-16-12-4/h49-56H,9-48H2,1-6H3. The van der Waals surface area contributed by atoms with Gasteiger partial charge in [-0.2, -0.15) is 20.2 Å². The fraction of sp³-hybridized carbons (Fsp3) is 0.548. The molecule has 0 aliphatic heterocycles. The normalized spacial score (nSPS) is 11.8. The Balaban J connectivity index is 1.000. The zero-order valence-electron chi connectivity index (χ0n) is 59.0. The van der Waals surface area contributed by atoms with Gasteiger partial charge in [-0.25, -0.2) is 0 Å². The molecule has 0 saturated heterocycles. The van der Waals surface area contributed by atoms with Crippen LogP contribution in [-0.4, -0.2) is 9.13 Å². The van der Waals surface area contributed by atoms with Crippen molar-refractivity contribution < 1.29 is 0 Å². The fourth-order valence-corrected chi connectivity index (χ4v) is 22.7. The van der Waals surface area contributed by atoms with Crippen LogP contribution in [0.1, 0.15) is 281 Å². The summed E-state index contributed by atoms with van der Waals surface area (Å²) in [4.78, 5) is 16.1. The molecule has 0 amide bonds. The number of benzene rings is 2. The zero-order valence-corrected chi connectivity index (χ0v) is 63.9. The van der Waals surface area contributed by atoms with E-state index in [0.717, 1.165) is 89.3 Å². The monoisotopic (exact) mass is 1390 g/mol. The number of nitriles is 2. The molecule has 8 heterocycles. The Bertz CT molecular complexity index is 4460. The lowest BCUT2D eigenvalue weighted by Gasteiger charge is -2.09. The number of hydrogen-bond donors (Lipinski definition) is 0. The van der Waals surface area contributed by atoms with Gasteiger partial charge in [0.15, 0.2) is 5.57 Å². The van der Waals surface area contributed by atoms with Gasteiger partial charge >= 0.3 is 5.82 Å². The molecular formula is C84H106N6S6. The third kappa shape index (κ3) is 17.9. The summed E-state index contributed by atoms with van der Waals surface area (Å²) in [6.07, 6.45) is 48.1. The average Bonchev–Trinajstić information content (AvgIpc) is 1.57. The van der Waals surface area contributed by atoms with Crippen LogP contribution in [-0.2, 0) is 25.9 Å². The summed E-state index contributed by atoms with van der Waals surface area (Å²) >= 11 is 11.7. The molecule has 0 aliphatic rings. The van der Waals surface area contributed by atoms with Crippen LogP contribution in [0.3, 0.4) is 0 Å². The molecule has 0 bridgehead atoms. The topological polar surface area (TPSA) is 66.2 Å². The van der Waals surface area contributed by atoms with Crippen molar-refractivity contribution in [3.8, 4) is 42.2 Å². The van der Waals surface area contributed by atoms with Crippen molar-refractivity contribution in [3.63, 3.8) is 0 Å². The summed E-state index contributed by atoms with van der Waals surface area (Å²) in [5, 5.41) is 29.2. The van der Waals surface area contributed by atoms with Crippen LogP contribution < -0.4 is 10.7 Å². The molecule has 2 aromatic carbocycles. The Morgan fingerprint density at radius 1 is 0.375 bits per heavy atom. The Morgan fingerprint density at radius 3 is 1.22 bits per heavy atom. The van der Waals surface area contributed by atoms with Gasteiger partial charge in [-0.15, -0.1) is 68.0 Å². The summed E-state index contributed by atoms with van der Waals surface area (Å²) in [6.45, 7) is 32.0. The number of rotatable bonds is 43. The highest BCUT2D eigenvalue weighted by Crippen LogP contribution is 2.52. The maximum atomic E-state index is 10.7. The number of thiophene rings is 6. The first kappa shape index (κ1) is 73.2. The van der Waals surface area contributed by atoms with Gasteiger partial charge in [0, 0.05) is 94.3 Å². The minimum atomic E-state index is 0.0909. The quantitative estimate of drug-likeness (QED) is 0.0282. The molecule has 0 fully saturated rings. The summed E-state index contributed by atoms with van der Waals surface area (Å²) < 4.78 is 12.9. The number of unbranched alkanes of at least 4 members (excludes halogenated alkanes) is 32. The predicted octanol–water partition coefficient (Wildman–Crippen LogP) is 28.5. The molecule has 0 saturated carbocycles. The number of aryl methyl sites for hydroxylation is 4. The Hall–Kier alpha value is -5.54. The van der Waals surface area contributed by atoms with Crippen LogP contribution in [0.15, 0.2) is 48.5 Å². The minimum absolute atomic E-state index is 0.0909. The lowest BCUT2D eigenvalue weighted by atomic mass is 10.0. The molecule has 508 valence electrons. The van der Waals surface area contributed by atoms with Crippen molar-refractivity contribution in [2.45, 2.75) is 299 Å². The van der Waals surface area contributed by atoms with Crippen molar-refractivity contribution in [2.24, 2.45) is 0 Å². The number of nitrogens with zero attached hydrogens (tertiary/aromatic N) is 6. The van der Waals surface area contributed by atoms with Crippen LogP contribution >= 0.6 is 68.0 Å². The first-order valence-electron chi connectivity index (χ1n) is 37.7. The molecule has 96 heavy (non-hydrogen) atoms. The van der Waals surface area contributed by atoms with Gasteiger partial charge in [-0.3, -0.25) is 0 Å². The van der Waals surface area contributed by atoms with Gasteiger partial charge in [0.1, 0.15) is 30.6 Å². The first-order valence-corrected chi connectivity index (χ1v) is 42.6. The van der Waals surface area contributed by atoms with E-state index in [-0.39, 0.29) is 11.4 Å². The molecule has 12 heteroatoms. The second kappa shape index (κ2) is 37.6. The molecule has 0 N–H and O–H groups in total. The Morgan fingerprint density at radius 2 is 0.771 bits per heavy atom. The van der Waals surface area contributed by atoms with Gasteiger partial charge in [-0.05, 0) is 112 Å². The first-order chi connectivity index (χ1) is 47.2. The van der Waals surface area contributed by atoms with E-state index in [2.05, 4.69) is 121 Å². The highest BCUT2D eigenvalue weighted by Gasteiger charge is 2.27. The fourth-order valence-electron chi connectivity index (χ4n) is 15.0. The maximum Gasteiger partial charge on any atom is 0.543 e. The summed E-state index contributed by atoms with van der Waals surface area (Å²) in [5.41, 5.74) is 5.11. The van der Waals surface area contributed by atoms with Crippen LogP contribution in [0.5, 0.6) is 0 Å². The molecule has 0 radical (unpaired) electrons. The summed E-state index contributed by atoms with van der Waals surface area (Å²) in [7, 11) is 0. The van der Waals surface area contributed by atoms with E-state index >= 15 is 0 Å². The second-order valence-electron chi connectivity index (χ2n) is 27.7. The van der Waals surface area contributed by atoms with Gasteiger partial charge in [0.05, 0.1) is 25.3 Å². The lowest BCUT2D eigenvalue weighted by molar-refractivity contribution is 0.544. The molecule has 10 aromatic rings. The Kier molecular flexibility index (Phi) is 28.7. The van der Waals surface area contributed by atoms with Gasteiger partial charge in [-0.1, -0.05) is 233 Å². The van der Waals surface area contributed by atoms with E-state index in [0.29, 0.717) is 17.2 Å². The third-order valence-corrected chi connectivity index (χ3v) is 27.7. The molecule has 10 rings (SSSR count). The van der Waals surface area contributed by atoms with Crippen LogP contribution in [0.25, 0.3) is 112 Å². The molecule has 0 unspecified atom stereocenters. The van der Waals surface area contributed by atoms with Crippen LogP contribution in [0, 0.1) is 49.7 Å². The highest BCUT2D eigenvalue weighted by atomic mass is 32.1. The van der Waals surface area contributed by atoms with Crippen molar-refractivity contribution >= 4 is 140 Å². The number of fused-ring (bicyclic) bond motifs is 8. The van der Waals surface area contributed by atoms with E-state index < -0.39 is 0 Å².